The Balaban J connectivity index is 1.38. The van der Waals surface area contributed by atoms with Crippen molar-refractivity contribution in [1.29, 1.82) is 0 Å². The summed E-state index contributed by atoms with van der Waals surface area (Å²) in [4.78, 5) is 66.7. The van der Waals surface area contributed by atoms with Crippen LogP contribution in [0.5, 0.6) is 0 Å². The summed E-state index contributed by atoms with van der Waals surface area (Å²) < 4.78 is 5.24. The average Bonchev–Trinajstić information content (AvgIpc) is 3.47. The van der Waals surface area contributed by atoms with Crippen LogP contribution in [0.4, 0.5) is 4.79 Å². The van der Waals surface area contributed by atoms with E-state index >= 15 is 0 Å². The van der Waals surface area contributed by atoms with Gasteiger partial charge in [-0.2, -0.15) is 0 Å². The first-order chi connectivity index (χ1) is 14.5. The smallest absolute Gasteiger partial charge is 0.334 e. The van der Waals surface area contributed by atoms with Crippen molar-refractivity contribution in [2.75, 3.05) is 32.8 Å². The molecule has 0 radical (unpaired) electrons. The van der Waals surface area contributed by atoms with Gasteiger partial charge in [0.2, 0.25) is 5.91 Å². The summed E-state index contributed by atoms with van der Waals surface area (Å²) in [6.45, 7) is 1.69. The molecule has 3 fully saturated rings. The number of imide groups is 2. The summed E-state index contributed by atoms with van der Waals surface area (Å²) in [5.41, 5.74) is 0. The van der Waals surface area contributed by atoms with Crippen molar-refractivity contribution in [1.82, 2.24) is 14.7 Å². The number of ether oxygens (including phenoxy) is 1. The molecule has 2 aliphatic heterocycles. The predicted octanol–water partition coefficient (Wildman–Crippen LogP) is 1.07. The van der Waals surface area contributed by atoms with Gasteiger partial charge in [-0.05, 0) is 25.0 Å². The fourth-order valence-electron chi connectivity index (χ4n) is 4.06. The van der Waals surface area contributed by atoms with Gasteiger partial charge in [0, 0.05) is 24.0 Å². The van der Waals surface area contributed by atoms with E-state index < -0.39 is 30.2 Å². The van der Waals surface area contributed by atoms with E-state index in [1.54, 1.807) is 17.0 Å². The van der Waals surface area contributed by atoms with Gasteiger partial charge in [-0.1, -0.05) is 12.8 Å². The van der Waals surface area contributed by atoms with E-state index in [4.69, 9.17) is 4.74 Å². The third-order valence-corrected chi connectivity index (χ3v) is 6.83. The molecule has 0 N–H and O–H groups in total. The molecule has 160 valence electrons. The molecule has 1 aliphatic carbocycles. The number of thiophene rings is 1. The minimum Gasteiger partial charge on any atom is -0.378 e. The molecule has 2 saturated heterocycles. The first-order valence-corrected chi connectivity index (χ1v) is 10.9. The maximum absolute atomic E-state index is 12.6. The second kappa shape index (κ2) is 8.65. The highest BCUT2D eigenvalue weighted by atomic mass is 32.1. The third-order valence-electron chi connectivity index (χ3n) is 5.70. The van der Waals surface area contributed by atoms with Crippen LogP contribution in [-0.4, -0.2) is 83.1 Å². The molecule has 0 spiro atoms. The molecule has 9 nitrogen and oxygen atoms in total. The lowest BCUT2D eigenvalue weighted by Crippen LogP contribution is -2.41. The quantitative estimate of drug-likeness (QED) is 0.378. The molecule has 4 rings (SSSR count). The number of ketones is 1. The van der Waals surface area contributed by atoms with Crippen molar-refractivity contribution in [2.24, 2.45) is 0 Å². The summed E-state index contributed by atoms with van der Waals surface area (Å²) in [6.07, 6.45) is 3.40. The second-order valence-electron chi connectivity index (χ2n) is 7.65. The van der Waals surface area contributed by atoms with Crippen LogP contribution in [0.1, 0.15) is 40.2 Å². The number of Topliss-reactive ketones (excluding diaryl/α,β-unsaturated/α-hetero) is 1. The van der Waals surface area contributed by atoms with Crippen LogP contribution in [0.2, 0.25) is 0 Å². The largest absolute Gasteiger partial charge is 0.378 e. The summed E-state index contributed by atoms with van der Waals surface area (Å²) in [6, 6.07) is 2.34. The number of amides is 5. The number of morpholine rings is 1. The molecule has 5 amide bonds. The Bertz CT molecular complexity index is 885. The predicted molar refractivity (Wildman–Crippen MR) is 106 cm³/mol. The fourth-order valence-corrected chi connectivity index (χ4v) is 4.99. The standard InChI is InChI=1S/C20H23N3O6S/c24-15(12-22-18(26)19(27)23(20(22)28)13-3-1-2-4-13)16-6-5-14(30-16)11-17(25)21-7-9-29-10-8-21/h5-6,13H,1-4,7-12H2. The zero-order valence-electron chi connectivity index (χ0n) is 16.5. The van der Waals surface area contributed by atoms with Crippen LogP contribution < -0.4 is 0 Å². The zero-order chi connectivity index (χ0) is 21.3. The Labute approximate surface area is 177 Å². The lowest BCUT2D eigenvalue weighted by molar-refractivity contribution is -0.143. The van der Waals surface area contributed by atoms with Gasteiger partial charge < -0.3 is 9.64 Å². The van der Waals surface area contributed by atoms with Gasteiger partial charge in [-0.15, -0.1) is 11.3 Å². The Morgan fingerprint density at radius 3 is 2.43 bits per heavy atom. The summed E-state index contributed by atoms with van der Waals surface area (Å²) in [7, 11) is 0. The van der Waals surface area contributed by atoms with Crippen LogP contribution in [0, 0.1) is 0 Å². The van der Waals surface area contributed by atoms with E-state index in [-0.39, 0.29) is 18.4 Å². The van der Waals surface area contributed by atoms with Crippen LogP contribution in [0.15, 0.2) is 12.1 Å². The van der Waals surface area contributed by atoms with Crippen LogP contribution in [-0.2, 0) is 25.5 Å². The first-order valence-electron chi connectivity index (χ1n) is 10.1. The molecular formula is C20H23N3O6S. The highest BCUT2D eigenvalue weighted by molar-refractivity contribution is 7.14. The molecule has 0 bridgehead atoms. The maximum atomic E-state index is 12.6. The van der Waals surface area contributed by atoms with Crippen molar-refractivity contribution >= 4 is 40.9 Å². The van der Waals surface area contributed by atoms with Crippen molar-refractivity contribution in [3.63, 3.8) is 0 Å². The molecule has 1 saturated carbocycles. The van der Waals surface area contributed by atoms with E-state index in [1.807, 2.05) is 0 Å². The molecular weight excluding hydrogens is 410 g/mol. The topological polar surface area (TPSA) is 104 Å². The Hall–Kier alpha value is -2.59. The van der Waals surface area contributed by atoms with Crippen molar-refractivity contribution in [3.8, 4) is 0 Å². The minimum atomic E-state index is -0.945. The molecule has 3 aliphatic rings. The first kappa shape index (κ1) is 20.7. The molecule has 3 heterocycles. The fraction of sp³-hybridized carbons (Fsp3) is 0.550. The number of carbonyl (C=O) groups excluding carboxylic acids is 5. The highest BCUT2D eigenvalue weighted by Gasteiger charge is 2.48. The molecule has 1 aromatic heterocycles. The summed E-state index contributed by atoms with van der Waals surface area (Å²) in [5, 5.41) is 0. The van der Waals surface area contributed by atoms with E-state index in [9.17, 15) is 24.0 Å². The lowest BCUT2D eigenvalue weighted by Gasteiger charge is -2.26. The van der Waals surface area contributed by atoms with Gasteiger partial charge in [0.1, 0.15) is 0 Å². The minimum absolute atomic E-state index is 0.0261. The number of hydrogen-bond acceptors (Lipinski definition) is 7. The van der Waals surface area contributed by atoms with E-state index in [0.29, 0.717) is 44.0 Å². The molecule has 30 heavy (non-hydrogen) atoms. The van der Waals surface area contributed by atoms with Gasteiger partial charge in [-0.3, -0.25) is 24.1 Å². The molecule has 0 atom stereocenters. The van der Waals surface area contributed by atoms with Crippen LogP contribution in [0.3, 0.4) is 0 Å². The van der Waals surface area contributed by atoms with E-state index in [2.05, 4.69) is 0 Å². The third kappa shape index (κ3) is 4.01. The number of hydrogen-bond donors (Lipinski definition) is 0. The molecule has 0 aromatic carbocycles. The van der Waals surface area contributed by atoms with E-state index in [1.165, 1.54) is 11.3 Å². The van der Waals surface area contributed by atoms with E-state index in [0.717, 1.165) is 27.5 Å². The summed E-state index contributed by atoms with van der Waals surface area (Å²) in [5.74, 6) is -2.24. The summed E-state index contributed by atoms with van der Waals surface area (Å²) >= 11 is 1.17. The van der Waals surface area contributed by atoms with Gasteiger partial charge >= 0.3 is 17.8 Å². The zero-order valence-corrected chi connectivity index (χ0v) is 17.3. The van der Waals surface area contributed by atoms with Crippen molar-refractivity contribution in [2.45, 2.75) is 38.1 Å². The molecule has 1 aromatic rings. The number of carbonyl (C=O) groups is 5. The van der Waals surface area contributed by atoms with Gasteiger partial charge in [0.05, 0.1) is 31.1 Å². The van der Waals surface area contributed by atoms with Crippen LogP contribution >= 0.6 is 11.3 Å². The monoisotopic (exact) mass is 433 g/mol. The Morgan fingerprint density at radius 1 is 1.03 bits per heavy atom. The van der Waals surface area contributed by atoms with Gasteiger partial charge in [0.15, 0.2) is 5.78 Å². The lowest BCUT2D eigenvalue weighted by atomic mass is 10.2. The number of nitrogens with zero attached hydrogens (tertiary/aromatic N) is 3. The normalized spacial score (nSPS) is 20.5. The number of rotatable bonds is 6. The SMILES string of the molecule is O=C(CN1C(=O)C(=O)N(C2CCCC2)C1=O)c1ccc(CC(=O)N2CCOCC2)s1. The Morgan fingerprint density at radius 2 is 1.73 bits per heavy atom. The van der Waals surface area contributed by atoms with Gasteiger partial charge in [-0.25, -0.2) is 9.69 Å². The average molecular weight is 433 g/mol. The maximum Gasteiger partial charge on any atom is 0.334 e. The van der Waals surface area contributed by atoms with Crippen molar-refractivity contribution < 1.29 is 28.7 Å². The molecule has 10 heteroatoms. The molecule has 0 unspecified atom stereocenters. The highest BCUT2D eigenvalue weighted by Crippen LogP contribution is 2.28. The van der Waals surface area contributed by atoms with Crippen LogP contribution in [0.25, 0.3) is 0 Å². The number of urea groups is 1. The van der Waals surface area contributed by atoms with Crippen molar-refractivity contribution in [3.05, 3.63) is 21.9 Å². The second-order valence-corrected chi connectivity index (χ2v) is 8.81. The Kier molecular flexibility index (Phi) is 5.96. The van der Waals surface area contributed by atoms with Gasteiger partial charge in [0.25, 0.3) is 0 Å².